The Morgan fingerprint density at radius 3 is 2.04 bits per heavy atom. The van der Waals surface area contributed by atoms with E-state index in [9.17, 15) is 29.9 Å². The number of aromatic amines is 1. The summed E-state index contributed by atoms with van der Waals surface area (Å²) in [5.41, 5.74) is 1.29. The quantitative estimate of drug-likeness (QED) is 0.151. The highest BCUT2D eigenvalue weighted by Crippen LogP contribution is 2.46. The van der Waals surface area contributed by atoms with Crippen LogP contribution in [0.1, 0.15) is 95.8 Å². The summed E-state index contributed by atoms with van der Waals surface area (Å²) in [6.45, 7) is 7.63. The minimum Gasteiger partial charge on any atom is -0.389 e. The van der Waals surface area contributed by atoms with Crippen LogP contribution >= 0.6 is 0 Å². The third-order valence-corrected chi connectivity index (χ3v) is 9.11. The molecule has 2 heterocycles. The maximum atomic E-state index is 13.2. The number of carbonyl (C=O) groups excluding carboxylic acids is 3. The second-order valence-electron chi connectivity index (χ2n) is 14.2. The predicted octanol–water partition coefficient (Wildman–Crippen LogP) is 1.13. The molecule has 3 amide bonds. The SMILES string of the molecule is CC(C)(O)CNC(=O)c1ccc2c(c1)CCc1cc(C(=O)NCC(C)(C)O)ccc1C2(CCNCC(=O)N1CCC[C@H]1C#N)c1nnn[nH]1. The molecule has 2 aliphatic rings. The molecule has 1 saturated heterocycles. The first-order valence-corrected chi connectivity index (χ1v) is 16.6. The molecule has 1 aromatic heterocycles. The van der Waals surface area contributed by atoms with Gasteiger partial charge in [0.2, 0.25) is 5.91 Å². The molecule has 0 unspecified atom stereocenters. The van der Waals surface area contributed by atoms with Crippen LogP contribution in [0.5, 0.6) is 0 Å². The molecule has 0 radical (unpaired) electrons. The van der Waals surface area contributed by atoms with Gasteiger partial charge in [-0.3, -0.25) is 14.4 Å². The third-order valence-electron chi connectivity index (χ3n) is 9.11. The molecule has 49 heavy (non-hydrogen) atoms. The normalized spacial score (nSPS) is 17.0. The number of fused-ring (bicyclic) bond motifs is 2. The maximum absolute atomic E-state index is 13.2. The van der Waals surface area contributed by atoms with Gasteiger partial charge in [0.25, 0.3) is 11.8 Å². The summed E-state index contributed by atoms with van der Waals surface area (Å²) < 4.78 is 0. The molecule has 260 valence electrons. The first-order valence-electron chi connectivity index (χ1n) is 16.6. The van der Waals surface area contributed by atoms with Crippen molar-refractivity contribution in [3.05, 3.63) is 75.6 Å². The van der Waals surface area contributed by atoms with Crippen LogP contribution in [-0.2, 0) is 23.1 Å². The Balaban J connectivity index is 1.53. The van der Waals surface area contributed by atoms with E-state index in [0.717, 1.165) is 28.7 Å². The lowest BCUT2D eigenvalue weighted by molar-refractivity contribution is -0.130. The summed E-state index contributed by atoms with van der Waals surface area (Å²) in [4.78, 5) is 41.0. The smallest absolute Gasteiger partial charge is 0.251 e. The lowest BCUT2D eigenvalue weighted by Gasteiger charge is -2.35. The zero-order chi connectivity index (χ0) is 35.4. The molecule has 1 fully saturated rings. The highest BCUT2D eigenvalue weighted by molar-refractivity contribution is 5.95. The second kappa shape index (κ2) is 14.4. The number of hydrogen-bond acceptors (Lipinski definition) is 10. The highest BCUT2D eigenvalue weighted by Gasteiger charge is 2.44. The van der Waals surface area contributed by atoms with Crippen LogP contribution in [0.25, 0.3) is 0 Å². The highest BCUT2D eigenvalue weighted by atomic mass is 16.3. The zero-order valence-corrected chi connectivity index (χ0v) is 28.5. The minimum absolute atomic E-state index is 0.0588. The summed E-state index contributed by atoms with van der Waals surface area (Å²) in [5, 5.41) is 53.9. The monoisotopic (exact) mass is 671 g/mol. The molecular formula is C35H45N9O5. The van der Waals surface area contributed by atoms with Gasteiger partial charge in [0, 0.05) is 30.8 Å². The van der Waals surface area contributed by atoms with Crippen molar-refractivity contribution in [2.45, 2.75) is 82.5 Å². The van der Waals surface area contributed by atoms with Gasteiger partial charge in [-0.2, -0.15) is 5.26 Å². The lowest BCUT2D eigenvalue weighted by atomic mass is 9.69. The first kappa shape index (κ1) is 35.6. The van der Waals surface area contributed by atoms with Crippen molar-refractivity contribution in [3.63, 3.8) is 0 Å². The topological polar surface area (TPSA) is 209 Å². The van der Waals surface area contributed by atoms with Gasteiger partial charge in [0.05, 0.1) is 29.2 Å². The Morgan fingerprint density at radius 1 is 0.980 bits per heavy atom. The summed E-state index contributed by atoms with van der Waals surface area (Å²) in [5.74, 6) is -0.304. The summed E-state index contributed by atoms with van der Waals surface area (Å²) in [6.07, 6.45) is 2.97. The molecule has 2 aromatic carbocycles. The number of aliphatic hydroxyl groups is 2. The molecule has 1 aliphatic carbocycles. The Kier molecular flexibility index (Phi) is 10.5. The fourth-order valence-corrected chi connectivity index (χ4v) is 6.68. The summed E-state index contributed by atoms with van der Waals surface area (Å²) >= 11 is 0. The largest absolute Gasteiger partial charge is 0.389 e. The molecule has 0 spiro atoms. The van der Waals surface area contributed by atoms with Crippen molar-refractivity contribution >= 4 is 17.7 Å². The summed E-state index contributed by atoms with van der Waals surface area (Å²) in [7, 11) is 0. The van der Waals surface area contributed by atoms with Crippen LogP contribution in [0.4, 0.5) is 0 Å². The number of nitriles is 1. The van der Waals surface area contributed by atoms with Crippen LogP contribution in [0, 0.1) is 11.3 Å². The molecule has 14 nitrogen and oxygen atoms in total. The number of carbonyl (C=O) groups is 3. The Labute approximate surface area is 285 Å². The van der Waals surface area contributed by atoms with E-state index < -0.39 is 22.7 Å². The average molecular weight is 672 g/mol. The lowest BCUT2D eigenvalue weighted by Crippen LogP contribution is -2.42. The number of likely N-dealkylation sites (tertiary alicyclic amines) is 1. The van der Waals surface area contributed by atoms with Crippen LogP contribution in [-0.4, -0.2) is 103 Å². The van der Waals surface area contributed by atoms with Gasteiger partial charge in [-0.15, -0.1) is 5.10 Å². The Hall–Kier alpha value is -4.71. The molecule has 5 rings (SSSR count). The number of H-pyrrole nitrogens is 1. The van der Waals surface area contributed by atoms with E-state index in [1.807, 2.05) is 24.3 Å². The fraction of sp³-hybridized carbons (Fsp3) is 0.514. The second-order valence-corrected chi connectivity index (χ2v) is 14.2. The van der Waals surface area contributed by atoms with Crippen molar-refractivity contribution < 1.29 is 24.6 Å². The fourth-order valence-electron chi connectivity index (χ4n) is 6.68. The van der Waals surface area contributed by atoms with E-state index in [2.05, 4.69) is 42.6 Å². The molecular weight excluding hydrogens is 626 g/mol. The molecule has 6 N–H and O–H groups in total. The number of aromatic nitrogens is 4. The van der Waals surface area contributed by atoms with Gasteiger partial charge < -0.3 is 31.1 Å². The van der Waals surface area contributed by atoms with Crippen molar-refractivity contribution in [2.24, 2.45) is 0 Å². The Bertz CT molecular complexity index is 1640. The van der Waals surface area contributed by atoms with Gasteiger partial charge >= 0.3 is 0 Å². The first-order chi connectivity index (χ1) is 23.2. The van der Waals surface area contributed by atoms with Gasteiger partial charge in [-0.25, -0.2) is 5.10 Å². The van der Waals surface area contributed by atoms with E-state index in [4.69, 9.17) is 0 Å². The molecule has 3 aromatic rings. The van der Waals surface area contributed by atoms with Crippen molar-refractivity contribution in [1.29, 1.82) is 5.26 Å². The number of aryl methyl sites for hydroxylation is 2. The van der Waals surface area contributed by atoms with E-state index in [-0.39, 0.29) is 37.4 Å². The maximum Gasteiger partial charge on any atom is 0.251 e. The molecule has 0 bridgehead atoms. The number of tetrazole rings is 1. The number of rotatable bonds is 12. The number of amides is 3. The zero-order valence-electron chi connectivity index (χ0n) is 28.5. The van der Waals surface area contributed by atoms with Gasteiger partial charge in [-0.1, -0.05) is 12.1 Å². The van der Waals surface area contributed by atoms with Crippen LogP contribution in [0.2, 0.25) is 0 Å². The molecule has 0 saturated carbocycles. The van der Waals surface area contributed by atoms with Crippen molar-refractivity contribution in [1.82, 2.24) is 41.5 Å². The minimum atomic E-state index is -1.08. The van der Waals surface area contributed by atoms with E-state index in [1.165, 1.54) is 0 Å². The van der Waals surface area contributed by atoms with Crippen LogP contribution in [0.3, 0.4) is 0 Å². The molecule has 1 aliphatic heterocycles. The van der Waals surface area contributed by atoms with E-state index in [0.29, 0.717) is 55.7 Å². The predicted molar refractivity (Wildman–Crippen MR) is 179 cm³/mol. The van der Waals surface area contributed by atoms with Crippen molar-refractivity contribution in [3.8, 4) is 6.07 Å². The molecule has 1 atom stereocenters. The van der Waals surface area contributed by atoms with Crippen LogP contribution in [0.15, 0.2) is 36.4 Å². The van der Waals surface area contributed by atoms with E-state index in [1.54, 1.807) is 44.7 Å². The average Bonchev–Trinajstić information content (AvgIpc) is 3.76. The van der Waals surface area contributed by atoms with Gasteiger partial charge in [0.15, 0.2) is 5.82 Å². The summed E-state index contributed by atoms with van der Waals surface area (Å²) in [6, 6.07) is 12.8. The number of hydrogen-bond donors (Lipinski definition) is 6. The number of nitrogens with zero attached hydrogens (tertiary/aromatic N) is 5. The standard InChI is InChI=1S/C35H45N9O5/c1-33(2,48)20-38-30(46)24-9-11-27-22(16-24)7-8-23-17-25(31(47)39-21-34(3,4)49)10-12-28(23)35(27,32-40-42-43-41-32)13-14-37-19-29(45)44-15-5-6-26(44)18-36/h9-12,16-17,26,37,48-49H,5-8,13-15,19-21H2,1-4H3,(H,38,46)(H,39,47)(H,40,41,42,43)/t26-/m0/s1. The van der Waals surface area contributed by atoms with Crippen LogP contribution < -0.4 is 16.0 Å². The third kappa shape index (κ3) is 8.13. The molecule has 14 heteroatoms. The Morgan fingerprint density at radius 2 is 1.55 bits per heavy atom. The number of benzene rings is 2. The van der Waals surface area contributed by atoms with E-state index >= 15 is 0 Å². The van der Waals surface area contributed by atoms with Gasteiger partial charge in [-0.05, 0) is 123 Å². The number of nitrogens with one attached hydrogen (secondary N) is 4. The van der Waals surface area contributed by atoms with Gasteiger partial charge in [0.1, 0.15) is 6.04 Å². The van der Waals surface area contributed by atoms with Crippen molar-refractivity contribution in [2.75, 3.05) is 32.7 Å².